The van der Waals surface area contributed by atoms with Gasteiger partial charge < -0.3 is 15.4 Å². The van der Waals surface area contributed by atoms with E-state index in [1.807, 2.05) is 6.07 Å². The van der Waals surface area contributed by atoms with Crippen LogP contribution in [0.2, 0.25) is 10.0 Å². The third-order valence-electron chi connectivity index (χ3n) is 3.21. The van der Waals surface area contributed by atoms with Gasteiger partial charge in [-0.25, -0.2) is 0 Å². The van der Waals surface area contributed by atoms with E-state index in [0.717, 1.165) is 0 Å². The van der Waals surface area contributed by atoms with Gasteiger partial charge in [-0.1, -0.05) is 29.3 Å². The molecule has 138 valence electrons. The quantitative estimate of drug-likeness (QED) is 0.718. The lowest BCUT2D eigenvalue weighted by atomic mass is 10.2. The number of carbonyl (C=O) groups is 3. The van der Waals surface area contributed by atoms with E-state index >= 15 is 0 Å². The molecule has 2 aromatic rings. The van der Waals surface area contributed by atoms with Gasteiger partial charge in [-0.15, -0.1) is 0 Å². The van der Waals surface area contributed by atoms with E-state index in [1.54, 1.807) is 18.2 Å². The SMILES string of the molecule is N#Cc1cccc(NC(=O)COC(=O)CNC(=O)c2ccc(Cl)c(Cl)c2)c1. The smallest absolute Gasteiger partial charge is 0.325 e. The van der Waals surface area contributed by atoms with Crippen LogP contribution in [0.4, 0.5) is 5.69 Å². The molecule has 0 unspecified atom stereocenters. The van der Waals surface area contributed by atoms with Gasteiger partial charge in [0.1, 0.15) is 6.54 Å². The predicted octanol–water partition coefficient (Wildman–Crippen LogP) is 2.78. The van der Waals surface area contributed by atoms with Crippen molar-refractivity contribution in [3.05, 3.63) is 63.6 Å². The van der Waals surface area contributed by atoms with Crippen molar-refractivity contribution >= 4 is 46.7 Å². The molecule has 0 radical (unpaired) electrons. The Balaban J connectivity index is 1.76. The first-order chi connectivity index (χ1) is 12.9. The molecule has 0 saturated carbocycles. The second kappa shape index (κ2) is 9.57. The summed E-state index contributed by atoms with van der Waals surface area (Å²) in [7, 11) is 0. The van der Waals surface area contributed by atoms with E-state index in [2.05, 4.69) is 10.6 Å². The number of nitriles is 1. The Morgan fingerprint density at radius 3 is 2.56 bits per heavy atom. The maximum absolute atomic E-state index is 11.9. The maximum Gasteiger partial charge on any atom is 0.325 e. The highest BCUT2D eigenvalue weighted by Gasteiger charge is 2.12. The molecule has 0 aliphatic heterocycles. The van der Waals surface area contributed by atoms with Crippen molar-refractivity contribution in [2.24, 2.45) is 0 Å². The van der Waals surface area contributed by atoms with E-state index in [1.165, 1.54) is 24.3 Å². The molecule has 0 saturated heterocycles. The van der Waals surface area contributed by atoms with E-state index in [0.29, 0.717) is 16.3 Å². The Labute approximate surface area is 164 Å². The topological polar surface area (TPSA) is 108 Å². The monoisotopic (exact) mass is 405 g/mol. The number of benzene rings is 2. The lowest BCUT2D eigenvalue weighted by Gasteiger charge is -2.08. The van der Waals surface area contributed by atoms with Crippen LogP contribution in [0.5, 0.6) is 0 Å². The number of ether oxygens (including phenoxy) is 1. The third kappa shape index (κ3) is 6.29. The van der Waals surface area contributed by atoms with Gasteiger partial charge >= 0.3 is 5.97 Å². The summed E-state index contributed by atoms with van der Waals surface area (Å²) in [4.78, 5) is 35.3. The summed E-state index contributed by atoms with van der Waals surface area (Å²) < 4.78 is 4.78. The summed E-state index contributed by atoms with van der Waals surface area (Å²) in [6.45, 7) is -0.950. The molecule has 0 aliphatic carbocycles. The second-order valence-corrected chi connectivity index (χ2v) is 6.03. The number of esters is 1. The summed E-state index contributed by atoms with van der Waals surface area (Å²) in [5.41, 5.74) is 1.02. The second-order valence-electron chi connectivity index (χ2n) is 5.21. The van der Waals surface area contributed by atoms with Crippen LogP contribution in [-0.4, -0.2) is 30.9 Å². The zero-order valence-corrected chi connectivity index (χ0v) is 15.3. The third-order valence-corrected chi connectivity index (χ3v) is 3.95. The lowest BCUT2D eigenvalue weighted by Crippen LogP contribution is -2.32. The Morgan fingerprint density at radius 2 is 1.85 bits per heavy atom. The first-order valence-electron chi connectivity index (χ1n) is 7.58. The van der Waals surface area contributed by atoms with Crippen molar-refractivity contribution in [3.8, 4) is 6.07 Å². The van der Waals surface area contributed by atoms with Crippen molar-refractivity contribution < 1.29 is 19.1 Å². The number of hydrogen-bond donors (Lipinski definition) is 2. The molecule has 0 bridgehead atoms. The Kier molecular flexibility index (Phi) is 7.17. The van der Waals surface area contributed by atoms with Gasteiger partial charge in [-0.05, 0) is 36.4 Å². The molecule has 2 N–H and O–H groups in total. The molecule has 0 aliphatic rings. The number of rotatable bonds is 6. The molecule has 0 heterocycles. The zero-order chi connectivity index (χ0) is 19.8. The van der Waals surface area contributed by atoms with E-state index in [4.69, 9.17) is 33.2 Å². The van der Waals surface area contributed by atoms with Gasteiger partial charge in [-0.2, -0.15) is 5.26 Å². The van der Waals surface area contributed by atoms with Crippen LogP contribution in [0.15, 0.2) is 42.5 Å². The normalized spacial score (nSPS) is 9.81. The summed E-state index contributed by atoms with van der Waals surface area (Å²) in [6.07, 6.45) is 0. The van der Waals surface area contributed by atoms with Crippen LogP contribution in [-0.2, 0) is 14.3 Å². The molecular weight excluding hydrogens is 393 g/mol. The molecule has 7 nitrogen and oxygen atoms in total. The number of amides is 2. The Morgan fingerprint density at radius 1 is 1.07 bits per heavy atom. The number of hydrogen-bond acceptors (Lipinski definition) is 5. The van der Waals surface area contributed by atoms with Gasteiger partial charge in [-0.3, -0.25) is 14.4 Å². The Hall–Kier alpha value is -3.08. The summed E-state index contributed by atoms with van der Waals surface area (Å²) in [5, 5.41) is 14.2. The molecular formula is C18H13Cl2N3O4. The zero-order valence-electron chi connectivity index (χ0n) is 13.8. The van der Waals surface area contributed by atoms with Gasteiger partial charge in [0.05, 0.1) is 21.7 Å². The average molecular weight is 406 g/mol. The molecule has 2 aromatic carbocycles. The van der Waals surface area contributed by atoms with Crippen molar-refractivity contribution in [1.82, 2.24) is 5.32 Å². The lowest BCUT2D eigenvalue weighted by molar-refractivity contribution is -0.146. The van der Waals surface area contributed by atoms with Gasteiger partial charge in [0.15, 0.2) is 6.61 Å². The van der Waals surface area contributed by atoms with Crippen LogP contribution >= 0.6 is 23.2 Å². The fourth-order valence-electron chi connectivity index (χ4n) is 1.95. The van der Waals surface area contributed by atoms with Crippen LogP contribution in [0, 0.1) is 11.3 Å². The summed E-state index contributed by atoms with van der Waals surface area (Å²) in [5.74, 6) is -1.90. The summed E-state index contributed by atoms with van der Waals surface area (Å²) in [6, 6.07) is 12.5. The average Bonchev–Trinajstić information content (AvgIpc) is 2.66. The molecule has 0 aromatic heterocycles. The first-order valence-corrected chi connectivity index (χ1v) is 8.33. The standard InChI is InChI=1S/C18H13Cl2N3O4/c19-14-5-4-12(7-15(14)20)18(26)22-9-17(25)27-10-16(24)23-13-3-1-2-11(6-13)8-21/h1-7H,9-10H2,(H,22,26)(H,23,24). The largest absolute Gasteiger partial charge is 0.454 e. The predicted molar refractivity (Wildman–Crippen MR) is 99.5 cm³/mol. The van der Waals surface area contributed by atoms with E-state index in [-0.39, 0.29) is 10.6 Å². The van der Waals surface area contributed by atoms with Crippen LogP contribution < -0.4 is 10.6 Å². The molecule has 27 heavy (non-hydrogen) atoms. The number of carbonyl (C=O) groups excluding carboxylic acids is 3. The van der Waals surface area contributed by atoms with Crippen molar-refractivity contribution in [3.63, 3.8) is 0 Å². The van der Waals surface area contributed by atoms with E-state index in [9.17, 15) is 14.4 Å². The molecule has 9 heteroatoms. The minimum absolute atomic E-state index is 0.212. The van der Waals surface area contributed by atoms with E-state index < -0.39 is 30.9 Å². The molecule has 0 atom stereocenters. The minimum Gasteiger partial charge on any atom is -0.454 e. The molecule has 0 spiro atoms. The van der Waals surface area contributed by atoms with Crippen LogP contribution in [0.25, 0.3) is 0 Å². The maximum atomic E-state index is 11.9. The fraction of sp³-hybridized carbons (Fsp3) is 0.111. The van der Waals surface area contributed by atoms with Crippen molar-refractivity contribution in [1.29, 1.82) is 5.26 Å². The highest BCUT2D eigenvalue weighted by atomic mass is 35.5. The molecule has 2 amide bonds. The molecule has 2 rings (SSSR count). The number of nitrogens with one attached hydrogen (secondary N) is 2. The van der Waals surface area contributed by atoms with Crippen LogP contribution in [0.3, 0.4) is 0 Å². The molecule has 0 fully saturated rings. The number of nitrogens with zero attached hydrogens (tertiary/aromatic N) is 1. The van der Waals surface area contributed by atoms with Gasteiger partial charge in [0.2, 0.25) is 0 Å². The first kappa shape index (κ1) is 20.2. The van der Waals surface area contributed by atoms with Crippen molar-refractivity contribution in [2.45, 2.75) is 0 Å². The minimum atomic E-state index is -0.788. The highest BCUT2D eigenvalue weighted by molar-refractivity contribution is 6.42. The number of anilines is 1. The highest BCUT2D eigenvalue weighted by Crippen LogP contribution is 2.22. The number of halogens is 2. The van der Waals surface area contributed by atoms with Crippen molar-refractivity contribution in [2.75, 3.05) is 18.5 Å². The summed E-state index contributed by atoms with van der Waals surface area (Å²) >= 11 is 11.6. The van der Waals surface area contributed by atoms with Gasteiger partial charge in [0.25, 0.3) is 11.8 Å². The van der Waals surface area contributed by atoms with Gasteiger partial charge in [0, 0.05) is 11.3 Å². The fourth-order valence-corrected chi connectivity index (χ4v) is 2.25. The Bertz CT molecular complexity index is 925. The van der Waals surface area contributed by atoms with Crippen LogP contribution in [0.1, 0.15) is 15.9 Å².